The summed E-state index contributed by atoms with van der Waals surface area (Å²) in [5.41, 5.74) is 1.18. The van der Waals surface area contributed by atoms with Gasteiger partial charge in [0.1, 0.15) is 0 Å². The highest BCUT2D eigenvalue weighted by atomic mass is 35.5. The van der Waals surface area contributed by atoms with Crippen molar-refractivity contribution >= 4 is 17.5 Å². The fourth-order valence-corrected chi connectivity index (χ4v) is 2.29. The number of carbonyl (C=O) groups is 1. The minimum absolute atomic E-state index is 0.0261. The van der Waals surface area contributed by atoms with Crippen LogP contribution in [0.1, 0.15) is 25.3 Å². The molecule has 1 atom stereocenters. The lowest BCUT2D eigenvalue weighted by Gasteiger charge is -2.26. The number of halogens is 1. The van der Waals surface area contributed by atoms with Crippen LogP contribution in [0.2, 0.25) is 5.02 Å². The number of carbonyl (C=O) groups excluding carboxylic acids is 1. The molecule has 1 saturated heterocycles. The van der Waals surface area contributed by atoms with Gasteiger partial charge in [0.15, 0.2) is 0 Å². The Hall–Kier alpha value is -1.02. The number of hydrogen-bond donors (Lipinski definition) is 1. The van der Waals surface area contributed by atoms with E-state index < -0.39 is 0 Å². The van der Waals surface area contributed by atoms with Crippen LogP contribution in [0.3, 0.4) is 0 Å². The molecule has 0 bridgehead atoms. The van der Waals surface area contributed by atoms with Crippen LogP contribution in [0, 0.1) is 0 Å². The highest BCUT2D eigenvalue weighted by Crippen LogP contribution is 2.34. The zero-order valence-electron chi connectivity index (χ0n) is 8.72. The molecule has 0 radical (unpaired) electrons. The monoisotopic (exact) mass is 223 g/mol. The maximum atomic E-state index is 11.3. The molecule has 1 aliphatic heterocycles. The lowest BCUT2D eigenvalue weighted by atomic mass is 9.77. The quantitative estimate of drug-likeness (QED) is 0.820. The van der Waals surface area contributed by atoms with Crippen molar-refractivity contribution in [3.63, 3.8) is 0 Å². The Balaban J connectivity index is 2.34. The van der Waals surface area contributed by atoms with Gasteiger partial charge in [-0.05, 0) is 24.1 Å². The van der Waals surface area contributed by atoms with Gasteiger partial charge in [-0.25, -0.2) is 0 Å². The summed E-state index contributed by atoms with van der Waals surface area (Å²) >= 11 is 5.85. The van der Waals surface area contributed by atoms with Gasteiger partial charge in [0.05, 0.1) is 0 Å². The summed E-state index contributed by atoms with van der Waals surface area (Å²) in [5, 5.41) is 3.64. The SMILES string of the molecule is CCC1(c2ccc(Cl)cc2)CNC(=O)C1. The second-order valence-corrected chi connectivity index (χ2v) is 4.53. The molecule has 1 unspecified atom stereocenters. The van der Waals surface area contributed by atoms with E-state index in [9.17, 15) is 4.79 Å². The predicted molar refractivity (Wildman–Crippen MR) is 61.0 cm³/mol. The van der Waals surface area contributed by atoms with E-state index in [1.807, 2.05) is 24.3 Å². The molecular weight excluding hydrogens is 210 g/mol. The summed E-state index contributed by atoms with van der Waals surface area (Å²) in [6, 6.07) is 7.81. The van der Waals surface area contributed by atoms with Crippen LogP contribution >= 0.6 is 11.6 Å². The minimum Gasteiger partial charge on any atom is -0.355 e. The van der Waals surface area contributed by atoms with Crippen molar-refractivity contribution in [1.82, 2.24) is 5.32 Å². The molecule has 1 amide bonds. The Morgan fingerprint density at radius 3 is 2.53 bits per heavy atom. The Bertz CT molecular complexity index is 374. The van der Waals surface area contributed by atoms with Gasteiger partial charge in [0, 0.05) is 23.4 Å². The molecule has 0 spiro atoms. The summed E-state index contributed by atoms with van der Waals surface area (Å²) in [6.07, 6.45) is 1.55. The van der Waals surface area contributed by atoms with E-state index in [-0.39, 0.29) is 11.3 Å². The zero-order chi connectivity index (χ0) is 10.9. The van der Waals surface area contributed by atoms with Gasteiger partial charge in [-0.1, -0.05) is 30.7 Å². The van der Waals surface area contributed by atoms with E-state index in [2.05, 4.69) is 12.2 Å². The minimum atomic E-state index is -0.0261. The number of hydrogen-bond acceptors (Lipinski definition) is 1. The Morgan fingerprint density at radius 1 is 1.40 bits per heavy atom. The third-order valence-corrected chi connectivity index (χ3v) is 3.51. The third kappa shape index (κ3) is 1.86. The van der Waals surface area contributed by atoms with Crippen molar-refractivity contribution in [1.29, 1.82) is 0 Å². The maximum absolute atomic E-state index is 11.3. The number of benzene rings is 1. The first-order chi connectivity index (χ1) is 7.16. The van der Waals surface area contributed by atoms with E-state index >= 15 is 0 Å². The second kappa shape index (κ2) is 3.86. The first-order valence-corrected chi connectivity index (χ1v) is 5.57. The molecule has 0 saturated carbocycles. The van der Waals surface area contributed by atoms with Crippen LogP contribution < -0.4 is 5.32 Å². The molecule has 3 heteroatoms. The topological polar surface area (TPSA) is 29.1 Å². The standard InChI is InChI=1S/C12H14ClNO/c1-2-12(7-11(15)14-8-12)9-3-5-10(13)6-4-9/h3-6H,2,7-8H2,1H3,(H,14,15). The molecule has 15 heavy (non-hydrogen) atoms. The van der Waals surface area contributed by atoms with Crippen molar-refractivity contribution in [2.75, 3.05) is 6.54 Å². The Morgan fingerprint density at radius 2 is 2.07 bits per heavy atom. The maximum Gasteiger partial charge on any atom is 0.220 e. The Kier molecular flexibility index (Phi) is 2.70. The van der Waals surface area contributed by atoms with Crippen LogP contribution in [-0.4, -0.2) is 12.5 Å². The van der Waals surface area contributed by atoms with Gasteiger partial charge in [0.25, 0.3) is 0 Å². The fourth-order valence-electron chi connectivity index (χ4n) is 2.16. The summed E-state index contributed by atoms with van der Waals surface area (Å²) in [6.45, 7) is 2.86. The molecule has 2 nitrogen and oxygen atoms in total. The summed E-state index contributed by atoms with van der Waals surface area (Å²) in [7, 11) is 0. The lowest BCUT2D eigenvalue weighted by molar-refractivity contribution is -0.119. The van der Waals surface area contributed by atoms with Crippen molar-refractivity contribution in [3.05, 3.63) is 34.9 Å². The van der Waals surface area contributed by atoms with Gasteiger partial charge >= 0.3 is 0 Å². The first-order valence-electron chi connectivity index (χ1n) is 5.19. The molecule has 1 aromatic rings. The van der Waals surface area contributed by atoms with Crippen LogP contribution in [0.15, 0.2) is 24.3 Å². The summed E-state index contributed by atoms with van der Waals surface area (Å²) in [4.78, 5) is 11.3. The zero-order valence-corrected chi connectivity index (χ0v) is 9.47. The highest BCUT2D eigenvalue weighted by Gasteiger charge is 2.38. The normalized spacial score (nSPS) is 25.3. The average Bonchev–Trinajstić information content (AvgIpc) is 2.62. The van der Waals surface area contributed by atoms with Gasteiger partial charge in [-0.3, -0.25) is 4.79 Å². The van der Waals surface area contributed by atoms with Crippen molar-refractivity contribution < 1.29 is 4.79 Å². The molecule has 1 N–H and O–H groups in total. The van der Waals surface area contributed by atoms with Crippen LogP contribution in [0.4, 0.5) is 0 Å². The lowest BCUT2D eigenvalue weighted by Crippen LogP contribution is -2.27. The molecule has 1 fully saturated rings. The molecule has 1 aromatic carbocycles. The third-order valence-electron chi connectivity index (χ3n) is 3.26. The number of nitrogens with one attached hydrogen (secondary N) is 1. The van der Waals surface area contributed by atoms with Crippen molar-refractivity contribution in [2.24, 2.45) is 0 Å². The smallest absolute Gasteiger partial charge is 0.220 e. The van der Waals surface area contributed by atoms with E-state index in [0.29, 0.717) is 6.42 Å². The Labute approximate surface area is 94.6 Å². The molecule has 2 rings (SSSR count). The highest BCUT2D eigenvalue weighted by molar-refractivity contribution is 6.30. The van der Waals surface area contributed by atoms with Gasteiger partial charge < -0.3 is 5.32 Å². The fraction of sp³-hybridized carbons (Fsp3) is 0.417. The van der Waals surface area contributed by atoms with E-state index in [4.69, 9.17) is 11.6 Å². The largest absolute Gasteiger partial charge is 0.355 e. The van der Waals surface area contributed by atoms with Crippen molar-refractivity contribution in [3.8, 4) is 0 Å². The number of amides is 1. The summed E-state index contributed by atoms with van der Waals surface area (Å²) < 4.78 is 0. The average molecular weight is 224 g/mol. The van der Waals surface area contributed by atoms with Gasteiger partial charge in [-0.15, -0.1) is 0 Å². The van der Waals surface area contributed by atoms with Crippen LogP contribution in [0.25, 0.3) is 0 Å². The predicted octanol–water partition coefficient (Wildman–Crippen LogP) is 2.51. The van der Waals surface area contributed by atoms with Crippen LogP contribution in [0.5, 0.6) is 0 Å². The molecular formula is C12H14ClNO. The molecule has 1 heterocycles. The van der Waals surface area contributed by atoms with Crippen LogP contribution in [-0.2, 0) is 10.2 Å². The van der Waals surface area contributed by atoms with Gasteiger partial charge in [0.2, 0.25) is 5.91 Å². The molecule has 0 aliphatic carbocycles. The van der Waals surface area contributed by atoms with Gasteiger partial charge in [-0.2, -0.15) is 0 Å². The van der Waals surface area contributed by atoms with E-state index in [0.717, 1.165) is 18.0 Å². The van der Waals surface area contributed by atoms with E-state index in [1.165, 1.54) is 5.56 Å². The molecule has 1 aliphatic rings. The second-order valence-electron chi connectivity index (χ2n) is 4.09. The summed E-state index contributed by atoms with van der Waals surface area (Å²) in [5.74, 6) is 0.145. The van der Waals surface area contributed by atoms with Crippen molar-refractivity contribution in [2.45, 2.75) is 25.2 Å². The molecule has 80 valence electrons. The van der Waals surface area contributed by atoms with E-state index in [1.54, 1.807) is 0 Å². The molecule has 0 aromatic heterocycles. The first kappa shape index (κ1) is 10.5. The number of rotatable bonds is 2.